The molecule has 0 amide bonds. The Labute approximate surface area is 155 Å². The summed E-state index contributed by atoms with van der Waals surface area (Å²) in [6.07, 6.45) is 0. The van der Waals surface area contributed by atoms with E-state index in [1.54, 1.807) is 0 Å². The van der Waals surface area contributed by atoms with Gasteiger partial charge in [0.2, 0.25) is 0 Å². The van der Waals surface area contributed by atoms with Gasteiger partial charge in [-0.15, -0.1) is 0 Å². The average molecular weight is 367 g/mol. The molecule has 0 saturated carbocycles. The van der Waals surface area contributed by atoms with E-state index < -0.39 is 30.0 Å². The monoisotopic (exact) mass is 367 g/mol. The molecular formula is C12H12N2NaO6S2+. The van der Waals surface area contributed by atoms with Gasteiger partial charge in [-0.25, -0.2) is 0 Å². The number of nitrogen functional groups attached to an aromatic ring is 2. The first-order valence-electron chi connectivity index (χ1n) is 5.74. The van der Waals surface area contributed by atoms with Crippen molar-refractivity contribution >= 4 is 31.6 Å². The van der Waals surface area contributed by atoms with Gasteiger partial charge < -0.3 is 11.5 Å². The van der Waals surface area contributed by atoms with Crippen LogP contribution in [0.5, 0.6) is 0 Å². The summed E-state index contributed by atoms with van der Waals surface area (Å²) in [6, 6.07) is 7.06. The maximum Gasteiger partial charge on any atom is 1.00 e. The molecule has 0 spiro atoms. The number of anilines is 2. The van der Waals surface area contributed by atoms with Crippen LogP contribution in [0.4, 0.5) is 11.4 Å². The Kier molecular flexibility index (Phi) is 5.86. The SMILES string of the molecule is Nc1ccc(-c2ccc(N)cc2S(=O)(=O)O)c(S(=O)(=O)O)c1.[Na+]. The molecule has 23 heavy (non-hydrogen) atoms. The van der Waals surface area contributed by atoms with Crippen molar-refractivity contribution in [2.75, 3.05) is 11.5 Å². The van der Waals surface area contributed by atoms with Gasteiger partial charge in [-0.3, -0.25) is 9.11 Å². The van der Waals surface area contributed by atoms with Crippen LogP contribution < -0.4 is 41.0 Å². The molecule has 0 atom stereocenters. The van der Waals surface area contributed by atoms with Crippen LogP contribution in [0.1, 0.15) is 0 Å². The molecule has 0 heterocycles. The summed E-state index contributed by atoms with van der Waals surface area (Å²) in [4.78, 5) is -1.16. The molecule has 0 fully saturated rings. The van der Waals surface area contributed by atoms with E-state index >= 15 is 0 Å². The summed E-state index contributed by atoms with van der Waals surface area (Å²) in [6.45, 7) is 0. The molecule has 0 aliphatic rings. The molecular weight excluding hydrogens is 355 g/mol. The molecule has 0 bridgehead atoms. The maximum absolute atomic E-state index is 11.5. The molecule has 0 aliphatic carbocycles. The van der Waals surface area contributed by atoms with Crippen LogP contribution in [0.2, 0.25) is 0 Å². The van der Waals surface area contributed by atoms with Crippen molar-refractivity contribution in [1.29, 1.82) is 0 Å². The van der Waals surface area contributed by atoms with E-state index in [-0.39, 0.29) is 52.1 Å². The van der Waals surface area contributed by atoms with Gasteiger partial charge in [-0.1, -0.05) is 12.1 Å². The number of hydrogen-bond acceptors (Lipinski definition) is 6. The van der Waals surface area contributed by atoms with E-state index in [9.17, 15) is 25.9 Å². The minimum atomic E-state index is -4.66. The van der Waals surface area contributed by atoms with Crippen LogP contribution in [-0.4, -0.2) is 25.9 Å². The first kappa shape index (κ1) is 19.9. The van der Waals surface area contributed by atoms with Crippen LogP contribution in [-0.2, 0) is 20.2 Å². The fraction of sp³-hybridized carbons (Fsp3) is 0. The number of nitrogens with two attached hydrogens (primary N) is 2. The quantitative estimate of drug-likeness (QED) is 0.276. The molecule has 0 aliphatic heterocycles. The third-order valence-corrected chi connectivity index (χ3v) is 4.64. The van der Waals surface area contributed by atoms with Gasteiger partial charge in [0.1, 0.15) is 9.79 Å². The molecule has 0 saturated heterocycles. The standard InChI is InChI=1S/C12H12N2O6S2.Na/c13-7-1-3-9(11(5-7)21(15,16)17)10-4-2-8(14)6-12(10)22(18,19)20;/h1-6H,13-14H2,(H,15,16,17)(H,18,19,20);/q;+1. The largest absolute Gasteiger partial charge is 1.00 e. The Bertz CT molecular complexity index is 878. The molecule has 2 aromatic carbocycles. The van der Waals surface area contributed by atoms with E-state index in [1.807, 2.05) is 0 Å². The fourth-order valence-electron chi connectivity index (χ4n) is 1.95. The zero-order chi connectivity index (χ0) is 16.7. The van der Waals surface area contributed by atoms with Crippen LogP contribution in [0.3, 0.4) is 0 Å². The first-order valence-corrected chi connectivity index (χ1v) is 8.62. The second-order valence-electron chi connectivity index (χ2n) is 4.46. The smallest absolute Gasteiger partial charge is 0.399 e. The van der Waals surface area contributed by atoms with Crippen LogP contribution in [0.15, 0.2) is 46.2 Å². The second-order valence-corrected chi connectivity index (χ2v) is 7.24. The van der Waals surface area contributed by atoms with Gasteiger partial charge in [-0.05, 0) is 24.3 Å². The molecule has 0 radical (unpaired) electrons. The molecule has 11 heteroatoms. The van der Waals surface area contributed by atoms with Crippen LogP contribution in [0, 0.1) is 0 Å². The summed E-state index contributed by atoms with van der Waals surface area (Å²) in [5.74, 6) is 0. The van der Waals surface area contributed by atoms with Crippen LogP contribution >= 0.6 is 0 Å². The Morgan fingerprint density at radius 1 is 0.696 bits per heavy atom. The molecule has 0 unspecified atom stereocenters. The van der Waals surface area contributed by atoms with Crippen molar-refractivity contribution in [2.45, 2.75) is 9.79 Å². The van der Waals surface area contributed by atoms with Crippen molar-refractivity contribution in [3.8, 4) is 11.1 Å². The molecule has 118 valence electrons. The number of rotatable bonds is 3. The third kappa shape index (κ3) is 4.44. The summed E-state index contributed by atoms with van der Waals surface area (Å²) in [5.41, 5.74) is 10.8. The zero-order valence-corrected chi connectivity index (χ0v) is 15.6. The summed E-state index contributed by atoms with van der Waals surface area (Å²) >= 11 is 0. The van der Waals surface area contributed by atoms with E-state index in [1.165, 1.54) is 24.3 Å². The third-order valence-electron chi connectivity index (χ3n) is 2.86. The molecule has 2 aromatic rings. The Morgan fingerprint density at radius 3 is 1.26 bits per heavy atom. The minimum Gasteiger partial charge on any atom is -0.399 e. The average Bonchev–Trinajstić information content (AvgIpc) is 2.37. The maximum atomic E-state index is 11.5. The topological polar surface area (TPSA) is 161 Å². The van der Waals surface area contributed by atoms with Crippen molar-refractivity contribution in [3.63, 3.8) is 0 Å². The van der Waals surface area contributed by atoms with Gasteiger partial charge in [0.25, 0.3) is 20.2 Å². The Hall–Kier alpha value is -1.14. The van der Waals surface area contributed by atoms with Crippen molar-refractivity contribution < 1.29 is 55.5 Å². The molecule has 2 rings (SSSR count). The predicted molar refractivity (Wildman–Crippen MR) is 80.3 cm³/mol. The summed E-state index contributed by atoms with van der Waals surface area (Å²) in [7, 11) is -9.33. The van der Waals surface area contributed by atoms with E-state index in [4.69, 9.17) is 11.5 Å². The molecule has 0 aromatic heterocycles. The van der Waals surface area contributed by atoms with E-state index in [2.05, 4.69) is 0 Å². The minimum absolute atomic E-state index is 0. The molecule has 6 N–H and O–H groups in total. The summed E-state index contributed by atoms with van der Waals surface area (Å²) in [5, 5.41) is 0. The first-order chi connectivity index (χ1) is 10.00. The van der Waals surface area contributed by atoms with Gasteiger partial charge >= 0.3 is 29.6 Å². The van der Waals surface area contributed by atoms with Crippen molar-refractivity contribution in [1.82, 2.24) is 0 Å². The fourth-order valence-corrected chi connectivity index (χ4v) is 3.43. The van der Waals surface area contributed by atoms with Crippen LogP contribution in [0.25, 0.3) is 11.1 Å². The number of hydrogen-bond donors (Lipinski definition) is 4. The van der Waals surface area contributed by atoms with Gasteiger partial charge in [0.15, 0.2) is 0 Å². The number of benzene rings is 2. The zero-order valence-electron chi connectivity index (χ0n) is 12.0. The van der Waals surface area contributed by atoms with Crippen molar-refractivity contribution in [3.05, 3.63) is 36.4 Å². The van der Waals surface area contributed by atoms with Gasteiger partial charge in [0, 0.05) is 22.5 Å². The normalized spacial score (nSPS) is 11.7. The van der Waals surface area contributed by atoms with Gasteiger partial charge in [0.05, 0.1) is 0 Å². The predicted octanol–water partition coefficient (Wildman–Crippen LogP) is -1.98. The Morgan fingerprint density at radius 2 is 1.00 bits per heavy atom. The second kappa shape index (κ2) is 6.77. The van der Waals surface area contributed by atoms with E-state index in [0.717, 1.165) is 12.1 Å². The van der Waals surface area contributed by atoms with Gasteiger partial charge in [-0.2, -0.15) is 16.8 Å². The van der Waals surface area contributed by atoms with Crippen molar-refractivity contribution in [2.24, 2.45) is 0 Å². The Balaban J connectivity index is 0.00000264. The van der Waals surface area contributed by atoms with E-state index in [0.29, 0.717) is 0 Å². The summed E-state index contributed by atoms with van der Waals surface area (Å²) < 4.78 is 64.4. The molecule has 8 nitrogen and oxygen atoms in total.